The Morgan fingerprint density at radius 1 is 0.942 bits per heavy atom. The first-order valence-corrected chi connectivity index (χ1v) is 21.1. The van der Waals surface area contributed by atoms with Gasteiger partial charge in [0.1, 0.15) is 17.5 Å². The van der Waals surface area contributed by atoms with Gasteiger partial charge >= 0.3 is 0 Å². The van der Waals surface area contributed by atoms with E-state index < -0.39 is 14.5 Å². The van der Waals surface area contributed by atoms with E-state index in [0.717, 1.165) is 28.7 Å². The molecule has 2 aliphatic rings. The lowest BCUT2D eigenvalue weighted by molar-refractivity contribution is -0.0603. The van der Waals surface area contributed by atoms with Gasteiger partial charge < -0.3 is 38.3 Å². The molecule has 2 N–H and O–H groups in total. The summed E-state index contributed by atoms with van der Waals surface area (Å²) in [5.41, 5.74) is 4.91. The van der Waals surface area contributed by atoms with Crippen molar-refractivity contribution < 1.29 is 38.3 Å². The zero-order chi connectivity index (χ0) is 38.7. The Morgan fingerprint density at radius 3 is 2.10 bits per heavy atom. The molecule has 2 heterocycles. The van der Waals surface area contributed by atoms with Crippen LogP contribution in [0, 0.1) is 26.3 Å². The number of morpholine rings is 1. The van der Waals surface area contributed by atoms with Crippen LogP contribution in [0.1, 0.15) is 74.9 Å². The van der Waals surface area contributed by atoms with Crippen LogP contribution in [-0.4, -0.2) is 108 Å². The van der Waals surface area contributed by atoms with Gasteiger partial charge in [-0.1, -0.05) is 34.6 Å². The van der Waals surface area contributed by atoms with E-state index in [9.17, 15) is 10.2 Å². The summed E-state index contributed by atoms with van der Waals surface area (Å²) in [6.45, 7) is 28.3. The number of rotatable bonds is 15. The number of fused-ring (bicyclic) bond motifs is 1. The number of methoxy groups -OCH3 is 4. The lowest BCUT2D eigenvalue weighted by atomic mass is 9.77. The maximum atomic E-state index is 11.9. The maximum Gasteiger partial charge on any atom is 0.295 e. The minimum atomic E-state index is -1.89. The fourth-order valence-electron chi connectivity index (χ4n) is 8.67. The SMILES string of the molecule is [C-]#[N+]C(C1Cc2c(OC)c(C)c(OC)c(O)c2C(C(C)Cc2cc(O)c(OC)c(C)c2OC)N1C)N1CCO[C@@H](CCO[Si](C)(C(C)C)C(C)C)C1. The van der Waals surface area contributed by atoms with E-state index in [1.54, 1.807) is 27.4 Å². The molecule has 0 aliphatic carbocycles. The fraction of sp³-hybridized carbons (Fsp3) is 0.675. The summed E-state index contributed by atoms with van der Waals surface area (Å²) in [6, 6.07) is 1.14. The van der Waals surface area contributed by atoms with E-state index in [4.69, 9.17) is 34.7 Å². The van der Waals surface area contributed by atoms with Crippen LogP contribution in [0.4, 0.5) is 0 Å². The van der Waals surface area contributed by atoms with Crippen LogP contribution in [0.25, 0.3) is 4.85 Å². The predicted molar refractivity (Wildman–Crippen MR) is 207 cm³/mol. The molecular formula is C40H63N3O8Si. The summed E-state index contributed by atoms with van der Waals surface area (Å²) >= 11 is 0. The molecule has 11 nitrogen and oxygen atoms in total. The highest BCUT2D eigenvalue weighted by Gasteiger charge is 2.48. The molecule has 4 unspecified atom stereocenters. The molecule has 4 rings (SSSR count). The fourth-order valence-corrected chi connectivity index (χ4v) is 11.2. The highest BCUT2D eigenvalue weighted by Crippen LogP contribution is 2.53. The molecule has 1 saturated heterocycles. The van der Waals surface area contributed by atoms with E-state index >= 15 is 0 Å². The van der Waals surface area contributed by atoms with Crippen molar-refractivity contribution in [1.82, 2.24) is 9.80 Å². The molecular weight excluding hydrogens is 679 g/mol. The number of likely N-dealkylation sites (N-methyl/N-ethyl adjacent to an activating group) is 1. The van der Waals surface area contributed by atoms with Crippen LogP contribution in [0.2, 0.25) is 17.6 Å². The molecule has 5 atom stereocenters. The van der Waals surface area contributed by atoms with Gasteiger partial charge in [-0.15, -0.1) is 0 Å². The quantitative estimate of drug-likeness (QED) is 0.143. The summed E-state index contributed by atoms with van der Waals surface area (Å²) in [6.07, 6.45) is 1.30. The summed E-state index contributed by atoms with van der Waals surface area (Å²) < 4.78 is 36.0. The number of aromatic hydroxyl groups is 2. The molecule has 0 aromatic heterocycles. The average Bonchev–Trinajstić information content (AvgIpc) is 3.09. The van der Waals surface area contributed by atoms with Gasteiger partial charge in [0.15, 0.2) is 31.3 Å². The molecule has 0 saturated carbocycles. The lowest BCUT2D eigenvalue weighted by Crippen LogP contribution is -2.57. The maximum absolute atomic E-state index is 11.9. The molecule has 0 spiro atoms. The topological polar surface area (TPSA) is 107 Å². The Bertz CT molecular complexity index is 1590. The molecule has 2 aromatic rings. The standard InChI is InChI=1S/C40H63N3O8Si/c1-23(2)52(14,24(3)4)51-17-15-29-22-43(16-18-50-29)40(41-8)31-21-30-33(35(45)39(49-13)27(7)37(30)47-11)34(42(31)9)25(5)19-28-20-32(44)38(48-12)26(6)36(28)46-10/h20,23-25,29,31,34,40,44-45H,15-19,21-22H2,1-7,9-14H3/t25?,29-,31?,34?,40?/m0/s1. The number of phenolic OH excluding ortho intramolecular Hbond substituents is 2. The van der Waals surface area contributed by atoms with Crippen molar-refractivity contribution in [3.63, 3.8) is 0 Å². The van der Waals surface area contributed by atoms with Crippen molar-refractivity contribution in [1.29, 1.82) is 0 Å². The Balaban J connectivity index is 1.72. The second-order valence-corrected chi connectivity index (χ2v) is 20.4. The second-order valence-electron chi connectivity index (χ2n) is 15.4. The number of nitrogens with zero attached hydrogens (tertiary/aromatic N) is 3. The Hall–Kier alpha value is -3.21. The van der Waals surface area contributed by atoms with Gasteiger partial charge in [0, 0.05) is 54.4 Å². The summed E-state index contributed by atoms with van der Waals surface area (Å²) in [7, 11) is 6.51. The molecule has 12 heteroatoms. The minimum absolute atomic E-state index is 0.0324. The van der Waals surface area contributed by atoms with Crippen molar-refractivity contribution in [2.24, 2.45) is 5.92 Å². The largest absolute Gasteiger partial charge is 0.504 e. The summed E-state index contributed by atoms with van der Waals surface area (Å²) in [5, 5.41) is 22.8. The Kier molecular flexibility index (Phi) is 13.8. The minimum Gasteiger partial charge on any atom is -0.504 e. The molecule has 290 valence electrons. The van der Waals surface area contributed by atoms with E-state index in [1.165, 1.54) is 7.11 Å². The number of hydrogen-bond donors (Lipinski definition) is 2. The van der Waals surface area contributed by atoms with Crippen LogP contribution in [-0.2, 0) is 22.0 Å². The van der Waals surface area contributed by atoms with Crippen LogP contribution >= 0.6 is 0 Å². The number of benzene rings is 2. The molecule has 0 radical (unpaired) electrons. The molecule has 0 bridgehead atoms. The van der Waals surface area contributed by atoms with Gasteiger partial charge in [-0.3, -0.25) is 9.74 Å². The first kappa shape index (κ1) is 41.5. The van der Waals surface area contributed by atoms with Crippen molar-refractivity contribution in [3.8, 4) is 34.5 Å². The lowest BCUT2D eigenvalue weighted by Gasteiger charge is -2.46. The van der Waals surface area contributed by atoms with E-state index in [2.05, 4.69) is 55.8 Å². The van der Waals surface area contributed by atoms with Crippen molar-refractivity contribution in [2.45, 2.75) is 110 Å². The van der Waals surface area contributed by atoms with Gasteiger partial charge in [-0.2, -0.15) is 0 Å². The zero-order valence-corrected chi connectivity index (χ0v) is 34.8. The second kappa shape index (κ2) is 17.3. The highest BCUT2D eigenvalue weighted by molar-refractivity contribution is 6.75. The van der Waals surface area contributed by atoms with E-state index in [0.29, 0.717) is 78.8 Å². The van der Waals surface area contributed by atoms with Crippen molar-refractivity contribution in [2.75, 3.05) is 61.8 Å². The van der Waals surface area contributed by atoms with Crippen molar-refractivity contribution >= 4 is 8.32 Å². The molecule has 2 aliphatic heterocycles. The van der Waals surface area contributed by atoms with E-state index in [1.807, 2.05) is 20.9 Å². The monoisotopic (exact) mass is 741 g/mol. The normalized spacial score (nSPS) is 21.1. The highest BCUT2D eigenvalue weighted by atomic mass is 28.4. The third-order valence-corrected chi connectivity index (χ3v) is 17.4. The third kappa shape index (κ3) is 7.85. The summed E-state index contributed by atoms with van der Waals surface area (Å²) in [5.74, 6) is 2.08. The van der Waals surface area contributed by atoms with Crippen LogP contribution in [0.3, 0.4) is 0 Å². The van der Waals surface area contributed by atoms with Gasteiger partial charge in [0.2, 0.25) is 0 Å². The number of phenols is 2. The van der Waals surface area contributed by atoms with Gasteiger partial charge in [-0.05, 0) is 68.9 Å². The number of ether oxygens (including phenoxy) is 5. The average molecular weight is 742 g/mol. The first-order chi connectivity index (χ1) is 24.6. The molecule has 52 heavy (non-hydrogen) atoms. The van der Waals surface area contributed by atoms with Crippen LogP contribution in [0.5, 0.6) is 34.5 Å². The smallest absolute Gasteiger partial charge is 0.295 e. The van der Waals surface area contributed by atoms with Crippen molar-refractivity contribution in [3.05, 3.63) is 45.3 Å². The van der Waals surface area contributed by atoms with Crippen LogP contribution < -0.4 is 18.9 Å². The molecule has 1 fully saturated rings. The van der Waals surface area contributed by atoms with E-state index in [-0.39, 0.29) is 35.6 Å². The predicted octanol–water partition coefficient (Wildman–Crippen LogP) is 7.27. The first-order valence-electron chi connectivity index (χ1n) is 18.6. The Morgan fingerprint density at radius 2 is 1.54 bits per heavy atom. The zero-order valence-electron chi connectivity index (χ0n) is 33.8. The summed E-state index contributed by atoms with van der Waals surface area (Å²) in [4.78, 5) is 8.82. The molecule has 0 amide bonds. The van der Waals surface area contributed by atoms with Gasteiger partial charge in [-0.25, -0.2) is 11.5 Å². The van der Waals surface area contributed by atoms with Gasteiger partial charge in [0.05, 0.1) is 41.2 Å². The third-order valence-electron chi connectivity index (χ3n) is 12.0. The molecule has 2 aromatic carbocycles. The van der Waals surface area contributed by atoms with Gasteiger partial charge in [0.25, 0.3) is 6.17 Å². The van der Waals surface area contributed by atoms with Crippen LogP contribution in [0.15, 0.2) is 6.07 Å². The Labute approximate surface area is 313 Å². The number of hydrogen-bond acceptors (Lipinski definition) is 10.